The standard InChI is InChI=1S/C27H30FN5O6/c1-37-10-11-38-24-14-23-20(12-21(24)28)26(30-29-23)25-13-22(31-39-25)17-2-4-18(5-3-17)27(36)33-8-6-32(7-9-33)19(15-34)16-35/h2-5,12-14,19,34-35H,6-11,15-16H2,1H3,(H,29,30). The number of nitrogens with zero attached hydrogens (tertiary/aromatic N) is 4. The number of amides is 1. The highest BCUT2D eigenvalue weighted by Crippen LogP contribution is 2.33. The number of ether oxygens (including phenoxy) is 2. The van der Waals surface area contributed by atoms with Crippen LogP contribution >= 0.6 is 0 Å². The van der Waals surface area contributed by atoms with E-state index in [0.29, 0.717) is 66.4 Å². The number of hydrogen-bond acceptors (Lipinski definition) is 9. The van der Waals surface area contributed by atoms with Crippen molar-refractivity contribution in [1.82, 2.24) is 25.2 Å². The molecule has 1 amide bonds. The monoisotopic (exact) mass is 539 g/mol. The van der Waals surface area contributed by atoms with Gasteiger partial charge in [0.1, 0.15) is 18.0 Å². The number of aliphatic hydroxyl groups is 2. The topological polar surface area (TPSA) is 137 Å². The molecule has 11 nitrogen and oxygen atoms in total. The first-order chi connectivity index (χ1) is 19.0. The summed E-state index contributed by atoms with van der Waals surface area (Å²) in [5, 5.41) is 30.6. The Hall–Kier alpha value is -3.84. The summed E-state index contributed by atoms with van der Waals surface area (Å²) in [4.78, 5) is 16.7. The molecule has 2 aromatic carbocycles. The van der Waals surface area contributed by atoms with E-state index < -0.39 is 5.82 Å². The maximum Gasteiger partial charge on any atom is 0.253 e. The number of rotatable bonds is 10. The van der Waals surface area contributed by atoms with Crippen LogP contribution in [0.15, 0.2) is 47.0 Å². The lowest BCUT2D eigenvalue weighted by molar-refractivity contribution is 0.0318. The van der Waals surface area contributed by atoms with Gasteiger partial charge in [-0.3, -0.25) is 14.8 Å². The fraction of sp³-hybridized carbons (Fsp3) is 0.370. The van der Waals surface area contributed by atoms with Crippen LogP contribution in [0.5, 0.6) is 5.75 Å². The second kappa shape index (κ2) is 11.9. The van der Waals surface area contributed by atoms with E-state index in [1.807, 2.05) is 4.90 Å². The van der Waals surface area contributed by atoms with Crippen molar-refractivity contribution in [3.63, 3.8) is 0 Å². The Morgan fingerprint density at radius 3 is 2.54 bits per heavy atom. The number of aromatic nitrogens is 3. The summed E-state index contributed by atoms with van der Waals surface area (Å²) in [7, 11) is 1.54. The summed E-state index contributed by atoms with van der Waals surface area (Å²) in [5.74, 6) is -0.138. The number of halogens is 1. The molecule has 0 spiro atoms. The molecule has 4 aromatic rings. The number of methoxy groups -OCH3 is 1. The summed E-state index contributed by atoms with van der Waals surface area (Å²) < 4.78 is 30.5. The molecule has 1 aliphatic rings. The molecule has 1 fully saturated rings. The molecule has 0 bridgehead atoms. The molecule has 2 aromatic heterocycles. The second-order valence-corrected chi connectivity index (χ2v) is 9.24. The molecule has 1 aliphatic heterocycles. The molecule has 1 saturated heterocycles. The molecule has 12 heteroatoms. The van der Waals surface area contributed by atoms with Crippen LogP contribution in [0.4, 0.5) is 4.39 Å². The van der Waals surface area contributed by atoms with Crippen LogP contribution in [0.25, 0.3) is 33.6 Å². The molecular formula is C27H30FN5O6. The molecule has 39 heavy (non-hydrogen) atoms. The van der Waals surface area contributed by atoms with E-state index in [0.717, 1.165) is 5.56 Å². The summed E-state index contributed by atoms with van der Waals surface area (Å²) in [6.07, 6.45) is 0. The van der Waals surface area contributed by atoms with E-state index in [9.17, 15) is 19.4 Å². The number of hydrogen-bond donors (Lipinski definition) is 3. The molecule has 206 valence electrons. The van der Waals surface area contributed by atoms with E-state index in [1.54, 1.807) is 48.4 Å². The fourth-order valence-electron chi connectivity index (χ4n) is 4.62. The number of fused-ring (bicyclic) bond motifs is 1. The van der Waals surface area contributed by atoms with Crippen LogP contribution < -0.4 is 4.74 Å². The van der Waals surface area contributed by atoms with Crippen LogP contribution in [0, 0.1) is 5.82 Å². The van der Waals surface area contributed by atoms with E-state index in [4.69, 9.17) is 14.0 Å². The third kappa shape index (κ3) is 5.64. The van der Waals surface area contributed by atoms with Crippen molar-refractivity contribution in [2.24, 2.45) is 0 Å². The molecule has 0 unspecified atom stereocenters. The van der Waals surface area contributed by atoms with Gasteiger partial charge in [0.15, 0.2) is 17.3 Å². The lowest BCUT2D eigenvalue weighted by atomic mass is 10.1. The van der Waals surface area contributed by atoms with Crippen LogP contribution in [0.1, 0.15) is 10.4 Å². The number of aliphatic hydroxyl groups excluding tert-OH is 2. The third-order valence-electron chi connectivity index (χ3n) is 6.87. The highest BCUT2D eigenvalue weighted by molar-refractivity contribution is 5.95. The fourth-order valence-corrected chi connectivity index (χ4v) is 4.62. The van der Waals surface area contributed by atoms with Gasteiger partial charge < -0.3 is 29.1 Å². The Kier molecular flexibility index (Phi) is 8.17. The molecule has 3 N–H and O–H groups in total. The van der Waals surface area contributed by atoms with Gasteiger partial charge in [0.2, 0.25) is 0 Å². The third-order valence-corrected chi connectivity index (χ3v) is 6.87. The zero-order valence-electron chi connectivity index (χ0n) is 21.5. The van der Waals surface area contributed by atoms with Gasteiger partial charge in [0, 0.05) is 61.9 Å². The first-order valence-electron chi connectivity index (χ1n) is 12.6. The van der Waals surface area contributed by atoms with Gasteiger partial charge in [-0.05, 0) is 18.2 Å². The lowest BCUT2D eigenvalue weighted by Gasteiger charge is -2.38. The minimum atomic E-state index is -0.524. The zero-order valence-corrected chi connectivity index (χ0v) is 21.5. The van der Waals surface area contributed by atoms with Crippen LogP contribution in [0.2, 0.25) is 0 Å². The quantitative estimate of drug-likeness (QED) is 0.259. The van der Waals surface area contributed by atoms with Crippen LogP contribution in [-0.2, 0) is 4.74 Å². The van der Waals surface area contributed by atoms with Gasteiger partial charge in [-0.1, -0.05) is 17.3 Å². The minimum Gasteiger partial charge on any atom is -0.488 e. The minimum absolute atomic E-state index is 0.0813. The number of carbonyl (C=O) groups excluding carboxylic acids is 1. The van der Waals surface area contributed by atoms with Crippen molar-refractivity contribution in [1.29, 1.82) is 0 Å². The SMILES string of the molecule is COCCOc1cc2[nH]nc(-c3cc(-c4ccc(C(=O)N5CCN(C(CO)CO)CC5)cc4)no3)c2cc1F. The van der Waals surface area contributed by atoms with Crippen molar-refractivity contribution < 1.29 is 33.4 Å². The Balaban J connectivity index is 1.27. The predicted molar refractivity (Wildman–Crippen MR) is 140 cm³/mol. The normalized spacial score (nSPS) is 14.4. The van der Waals surface area contributed by atoms with E-state index >= 15 is 0 Å². The van der Waals surface area contributed by atoms with E-state index in [-0.39, 0.29) is 37.5 Å². The first kappa shape index (κ1) is 26.8. The average molecular weight is 540 g/mol. The number of nitrogens with one attached hydrogen (secondary N) is 1. The van der Waals surface area contributed by atoms with Gasteiger partial charge in [0.05, 0.1) is 31.4 Å². The van der Waals surface area contributed by atoms with E-state index in [2.05, 4.69) is 15.4 Å². The van der Waals surface area contributed by atoms with Gasteiger partial charge >= 0.3 is 0 Å². The lowest BCUT2D eigenvalue weighted by Crippen LogP contribution is -2.53. The Labute approximate surface area is 223 Å². The Morgan fingerprint density at radius 2 is 1.85 bits per heavy atom. The highest BCUT2D eigenvalue weighted by atomic mass is 19.1. The molecule has 3 heterocycles. The summed E-state index contributed by atoms with van der Waals surface area (Å²) in [6, 6.07) is 11.4. The van der Waals surface area contributed by atoms with Gasteiger partial charge in [-0.25, -0.2) is 4.39 Å². The van der Waals surface area contributed by atoms with Crippen molar-refractivity contribution in [3.8, 4) is 28.5 Å². The summed E-state index contributed by atoms with van der Waals surface area (Å²) >= 11 is 0. The van der Waals surface area contributed by atoms with Crippen LogP contribution in [-0.4, -0.2) is 107 Å². The molecular weight excluding hydrogens is 509 g/mol. The van der Waals surface area contributed by atoms with Crippen molar-refractivity contribution in [3.05, 3.63) is 53.8 Å². The zero-order chi connectivity index (χ0) is 27.4. The number of H-pyrrole nitrogens is 1. The number of carbonyl (C=O) groups is 1. The summed E-state index contributed by atoms with van der Waals surface area (Å²) in [6.45, 7) is 2.54. The predicted octanol–water partition coefficient (Wildman–Crippen LogP) is 2.16. The molecule has 0 aliphatic carbocycles. The summed E-state index contributed by atoms with van der Waals surface area (Å²) in [5.41, 5.74) is 2.85. The maximum atomic E-state index is 14.6. The smallest absolute Gasteiger partial charge is 0.253 e. The maximum absolute atomic E-state index is 14.6. The van der Waals surface area contributed by atoms with Gasteiger partial charge in [-0.2, -0.15) is 5.10 Å². The number of aromatic amines is 1. The largest absolute Gasteiger partial charge is 0.488 e. The molecule has 0 atom stereocenters. The molecule has 5 rings (SSSR count). The van der Waals surface area contributed by atoms with E-state index in [1.165, 1.54) is 6.07 Å². The second-order valence-electron chi connectivity index (χ2n) is 9.24. The van der Waals surface area contributed by atoms with Crippen LogP contribution in [0.3, 0.4) is 0 Å². The molecule has 0 saturated carbocycles. The van der Waals surface area contributed by atoms with Gasteiger partial charge in [-0.15, -0.1) is 0 Å². The average Bonchev–Trinajstić information content (AvgIpc) is 3.61. The van der Waals surface area contributed by atoms with Gasteiger partial charge in [0.25, 0.3) is 5.91 Å². The first-order valence-corrected chi connectivity index (χ1v) is 12.6. The van der Waals surface area contributed by atoms with Crippen molar-refractivity contribution >= 4 is 16.8 Å². The Morgan fingerprint density at radius 1 is 1.10 bits per heavy atom. The highest BCUT2D eigenvalue weighted by Gasteiger charge is 2.26. The number of benzene rings is 2. The van der Waals surface area contributed by atoms with Crippen molar-refractivity contribution in [2.75, 3.05) is 59.7 Å². The van der Waals surface area contributed by atoms with Crippen molar-refractivity contribution in [2.45, 2.75) is 6.04 Å². The molecule has 0 radical (unpaired) electrons. The number of piperazine rings is 1. The Bertz CT molecular complexity index is 1410.